The topological polar surface area (TPSA) is 70.4 Å². The van der Waals surface area contributed by atoms with Crippen molar-refractivity contribution in [3.63, 3.8) is 0 Å². The fourth-order valence-corrected chi connectivity index (χ4v) is 5.17. The van der Waals surface area contributed by atoms with E-state index < -0.39 is 11.9 Å². The molecule has 0 radical (unpaired) electrons. The largest absolute Gasteiger partial charge is 0.380 e. The van der Waals surface area contributed by atoms with Gasteiger partial charge in [-0.3, -0.25) is 4.79 Å². The molecule has 8 heteroatoms. The van der Waals surface area contributed by atoms with Gasteiger partial charge in [0.2, 0.25) is 0 Å². The van der Waals surface area contributed by atoms with Gasteiger partial charge in [0.25, 0.3) is 5.56 Å². The molecule has 5 rings (SSSR count). The van der Waals surface area contributed by atoms with Gasteiger partial charge >= 0.3 is 0 Å². The third-order valence-corrected chi connectivity index (χ3v) is 6.71. The molecule has 0 amide bonds. The lowest BCUT2D eigenvalue weighted by Gasteiger charge is -2.21. The molecule has 1 unspecified atom stereocenters. The van der Waals surface area contributed by atoms with Gasteiger partial charge in [-0.05, 0) is 36.5 Å². The maximum absolute atomic E-state index is 14.5. The number of methoxy groups -OCH3 is 2. The summed E-state index contributed by atoms with van der Waals surface area (Å²) in [5.41, 5.74) is 5.18. The first-order valence-electron chi connectivity index (χ1n) is 10.1. The standard InChI is InChI=1S/C23H20ClFN2O4/c1-30-10-15-13(19(9-28)31-2)6-18-22-14(8-27(18)23(15)29)11-4-3-5-12-20(11)17(26-22)7-16(25)21(12)24/h6-7,9,19H,3-5,8,10H2,1-2H3. The van der Waals surface area contributed by atoms with Crippen molar-refractivity contribution in [2.45, 2.75) is 38.5 Å². The van der Waals surface area contributed by atoms with E-state index in [2.05, 4.69) is 0 Å². The molecule has 6 nitrogen and oxygen atoms in total. The number of pyridine rings is 2. The first-order valence-corrected chi connectivity index (χ1v) is 10.4. The van der Waals surface area contributed by atoms with Gasteiger partial charge in [0, 0.05) is 42.4 Å². The summed E-state index contributed by atoms with van der Waals surface area (Å²) in [7, 11) is 2.91. The molecule has 160 valence electrons. The van der Waals surface area contributed by atoms with Crippen molar-refractivity contribution in [3.8, 4) is 11.4 Å². The highest BCUT2D eigenvalue weighted by molar-refractivity contribution is 6.32. The van der Waals surface area contributed by atoms with E-state index in [9.17, 15) is 14.0 Å². The summed E-state index contributed by atoms with van der Waals surface area (Å²) >= 11 is 6.27. The predicted octanol–water partition coefficient (Wildman–Crippen LogP) is 3.74. The Morgan fingerprint density at radius 1 is 1.26 bits per heavy atom. The van der Waals surface area contributed by atoms with E-state index in [1.807, 2.05) is 0 Å². The molecular weight excluding hydrogens is 423 g/mol. The molecule has 0 bridgehead atoms. The van der Waals surface area contributed by atoms with Gasteiger partial charge in [0.15, 0.2) is 6.29 Å². The summed E-state index contributed by atoms with van der Waals surface area (Å²) in [6, 6.07) is 3.13. The third-order valence-electron chi connectivity index (χ3n) is 6.30. The number of halogens is 2. The molecule has 1 aliphatic carbocycles. The first-order chi connectivity index (χ1) is 15.0. The van der Waals surface area contributed by atoms with Gasteiger partial charge in [-0.1, -0.05) is 11.6 Å². The lowest BCUT2D eigenvalue weighted by atomic mass is 9.87. The fourth-order valence-electron chi connectivity index (χ4n) is 4.92. The van der Waals surface area contributed by atoms with E-state index in [-0.39, 0.29) is 17.2 Å². The van der Waals surface area contributed by atoms with Crippen LogP contribution in [0.15, 0.2) is 16.9 Å². The number of carbonyl (C=O) groups excluding carboxylic acids is 1. The Hall–Kier alpha value is -2.61. The van der Waals surface area contributed by atoms with Crippen LogP contribution >= 0.6 is 11.6 Å². The quantitative estimate of drug-likeness (QED) is 0.440. The molecule has 1 atom stereocenters. The number of ether oxygens (including phenoxy) is 2. The Balaban J connectivity index is 1.83. The summed E-state index contributed by atoms with van der Waals surface area (Å²) in [6.45, 7) is 0.428. The minimum absolute atomic E-state index is 0.0612. The number of benzene rings is 1. The zero-order valence-corrected chi connectivity index (χ0v) is 17.9. The van der Waals surface area contributed by atoms with Crippen molar-refractivity contribution in [1.29, 1.82) is 0 Å². The molecule has 1 aliphatic heterocycles. The maximum Gasteiger partial charge on any atom is 0.257 e. The summed E-state index contributed by atoms with van der Waals surface area (Å²) in [5, 5.41) is 1.05. The van der Waals surface area contributed by atoms with Gasteiger partial charge in [0.1, 0.15) is 11.9 Å². The Kier molecular flexibility index (Phi) is 4.92. The van der Waals surface area contributed by atoms with Crippen molar-refractivity contribution < 1.29 is 18.7 Å². The molecule has 0 fully saturated rings. The highest BCUT2D eigenvalue weighted by atomic mass is 35.5. The number of carbonyl (C=O) groups is 1. The molecule has 3 aromatic rings. The smallest absolute Gasteiger partial charge is 0.257 e. The number of aromatic nitrogens is 2. The molecule has 2 aliphatic rings. The second kappa shape index (κ2) is 7.51. The number of hydrogen-bond acceptors (Lipinski definition) is 5. The molecule has 0 saturated carbocycles. The van der Waals surface area contributed by atoms with E-state index in [0.29, 0.717) is 47.3 Å². The molecule has 1 aromatic carbocycles. The van der Waals surface area contributed by atoms with Crippen LogP contribution in [-0.2, 0) is 40.3 Å². The zero-order chi connectivity index (χ0) is 21.9. The van der Waals surface area contributed by atoms with Crippen LogP contribution < -0.4 is 5.56 Å². The lowest BCUT2D eigenvalue weighted by molar-refractivity contribution is -0.116. The minimum atomic E-state index is -0.894. The Morgan fingerprint density at radius 2 is 2.03 bits per heavy atom. The number of hydrogen-bond donors (Lipinski definition) is 0. The van der Waals surface area contributed by atoms with Crippen molar-refractivity contribution >= 4 is 28.8 Å². The zero-order valence-electron chi connectivity index (χ0n) is 17.1. The Morgan fingerprint density at radius 3 is 2.74 bits per heavy atom. The van der Waals surface area contributed by atoms with E-state index in [4.69, 9.17) is 26.1 Å². The molecular formula is C23H20ClFN2O4. The van der Waals surface area contributed by atoms with E-state index in [0.717, 1.165) is 34.9 Å². The minimum Gasteiger partial charge on any atom is -0.380 e. The average molecular weight is 443 g/mol. The molecule has 0 saturated heterocycles. The number of aryl methyl sites for hydroxylation is 2. The molecule has 0 spiro atoms. The van der Waals surface area contributed by atoms with Crippen LogP contribution in [0.3, 0.4) is 0 Å². The molecule has 2 aromatic heterocycles. The Labute approximate surface area is 182 Å². The maximum atomic E-state index is 14.5. The normalized spacial score (nSPS) is 15.1. The lowest BCUT2D eigenvalue weighted by Crippen LogP contribution is -2.27. The van der Waals surface area contributed by atoms with Gasteiger partial charge in [-0.2, -0.15) is 0 Å². The highest BCUT2D eigenvalue weighted by Crippen LogP contribution is 2.42. The van der Waals surface area contributed by atoms with Crippen LogP contribution in [0.25, 0.3) is 22.3 Å². The van der Waals surface area contributed by atoms with Gasteiger partial charge in [0.05, 0.1) is 35.1 Å². The second-order valence-electron chi connectivity index (χ2n) is 7.90. The monoisotopic (exact) mass is 442 g/mol. The van der Waals surface area contributed by atoms with Crippen molar-refractivity contribution in [3.05, 3.63) is 61.1 Å². The summed E-state index contributed by atoms with van der Waals surface area (Å²) in [5.74, 6) is -0.489. The van der Waals surface area contributed by atoms with Crippen molar-refractivity contribution in [2.24, 2.45) is 0 Å². The number of rotatable bonds is 5. The number of fused-ring (bicyclic) bond motifs is 4. The van der Waals surface area contributed by atoms with Gasteiger partial charge in [-0.15, -0.1) is 0 Å². The van der Waals surface area contributed by atoms with Crippen LogP contribution in [-0.4, -0.2) is 30.1 Å². The van der Waals surface area contributed by atoms with Gasteiger partial charge < -0.3 is 18.8 Å². The molecule has 0 N–H and O–H groups in total. The van der Waals surface area contributed by atoms with Gasteiger partial charge in [-0.25, -0.2) is 9.37 Å². The number of nitrogens with zero attached hydrogens (tertiary/aromatic N) is 2. The van der Waals surface area contributed by atoms with E-state index in [1.165, 1.54) is 20.3 Å². The second-order valence-corrected chi connectivity index (χ2v) is 8.27. The molecule has 3 heterocycles. The fraction of sp³-hybridized carbons (Fsp3) is 0.348. The van der Waals surface area contributed by atoms with E-state index in [1.54, 1.807) is 10.6 Å². The Bertz CT molecular complexity index is 1320. The SMILES string of the molecule is COCc1c(C(C=O)OC)cc2n(c1=O)Cc1c-2nc2cc(F)c(Cl)c3c2c1CCC3. The van der Waals surface area contributed by atoms with Crippen LogP contribution in [0.2, 0.25) is 5.02 Å². The highest BCUT2D eigenvalue weighted by Gasteiger charge is 2.32. The van der Waals surface area contributed by atoms with Crippen molar-refractivity contribution in [1.82, 2.24) is 9.55 Å². The number of aldehydes is 1. The first kappa shape index (κ1) is 20.3. The van der Waals surface area contributed by atoms with Crippen molar-refractivity contribution in [2.75, 3.05) is 14.2 Å². The predicted molar refractivity (Wildman–Crippen MR) is 114 cm³/mol. The third kappa shape index (κ3) is 2.87. The average Bonchev–Trinajstić information content (AvgIpc) is 3.14. The summed E-state index contributed by atoms with van der Waals surface area (Å²) in [6.07, 6.45) is 2.12. The van der Waals surface area contributed by atoms with Crippen LogP contribution in [0.5, 0.6) is 0 Å². The van der Waals surface area contributed by atoms with E-state index >= 15 is 0 Å². The van der Waals surface area contributed by atoms with Crippen LogP contribution in [0, 0.1) is 5.82 Å². The van der Waals surface area contributed by atoms with Crippen LogP contribution in [0.4, 0.5) is 4.39 Å². The summed E-state index contributed by atoms with van der Waals surface area (Å²) in [4.78, 5) is 29.7. The van der Waals surface area contributed by atoms with Crippen LogP contribution in [0.1, 0.15) is 40.3 Å². The summed E-state index contributed by atoms with van der Waals surface area (Å²) < 4.78 is 26.6. The molecule has 31 heavy (non-hydrogen) atoms.